The Morgan fingerprint density at radius 2 is 2.08 bits per heavy atom. The highest BCUT2D eigenvalue weighted by molar-refractivity contribution is 7.91. The Hall–Kier alpha value is -1.83. The van der Waals surface area contributed by atoms with Crippen molar-refractivity contribution in [1.29, 1.82) is 0 Å². The van der Waals surface area contributed by atoms with E-state index in [9.17, 15) is 26.4 Å². The summed E-state index contributed by atoms with van der Waals surface area (Å²) in [7, 11) is -3.12. The van der Waals surface area contributed by atoms with Crippen molar-refractivity contribution in [2.24, 2.45) is 0 Å². The Morgan fingerprint density at radius 3 is 2.64 bits per heavy atom. The van der Waals surface area contributed by atoms with Crippen LogP contribution >= 0.6 is 0 Å². The molecule has 8 heteroatoms. The molecule has 0 radical (unpaired) electrons. The highest BCUT2D eigenvalue weighted by Crippen LogP contribution is 2.29. The molecule has 0 aliphatic carbocycles. The van der Waals surface area contributed by atoms with Gasteiger partial charge in [0.2, 0.25) is 5.91 Å². The van der Waals surface area contributed by atoms with Gasteiger partial charge >= 0.3 is 6.18 Å². The average molecular weight is 375 g/mol. The van der Waals surface area contributed by atoms with Crippen LogP contribution < -0.4 is 0 Å². The molecule has 0 spiro atoms. The van der Waals surface area contributed by atoms with Gasteiger partial charge in [-0.2, -0.15) is 13.2 Å². The van der Waals surface area contributed by atoms with Crippen LogP contribution in [0.15, 0.2) is 30.3 Å². The van der Waals surface area contributed by atoms with E-state index in [4.69, 9.17) is 0 Å². The second kappa shape index (κ2) is 7.59. The van der Waals surface area contributed by atoms with Crippen molar-refractivity contribution in [1.82, 2.24) is 4.90 Å². The standard InChI is InChI=1S/C17H20F3NO3S/c1-2-9-21(15-8-10-25(23,24)12-15)16(22)7-6-13-4-3-5-14(11-13)17(18,19)20/h3-7,11,15H,2,8-10,12H2,1H3. The van der Waals surface area contributed by atoms with E-state index in [0.717, 1.165) is 12.1 Å². The summed E-state index contributed by atoms with van der Waals surface area (Å²) >= 11 is 0. The van der Waals surface area contributed by atoms with Gasteiger partial charge in [-0.05, 0) is 36.6 Å². The van der Waals surface area contributed by atoms with E-state index in [-0.39, 0.29) is 29.0 Å². The summed E-state index contributed by atoms with van der Waals surface area (Å²) in [5.41, 5.74) is -0.520. The first kappa shape index (κ1) is 19.5. The minimum atomic E-state index is -4.44. The van der Waals surface area contributed by atoms with Crippen LogP contribution in [0.3, 0.4) is 0 Å². The molecule has 0 aromatic heterocycles. The molecule has 1 atom stereocenters. The smallest absolute Gasteiger partial charge is 0.335 e. The lowest BCUT2D eigenvalue weighted by atomic mass is 10.1. The molecular formula is C17H20F3NO3S. The van der Waals surface area contributed by atoms with Crippen LogP contribution in [-0.4, -0.2) is 43.3 Å². The molecular weight excluding hydrogens is 355 g/mol. The van der Waals surface area contributed by atoms with Crippen molar-refractivity contribution in [3.05, 3.63) is 41.5 Å². The van der Waals surface area contributed by atoms with E-state index in [2.05, 4.69) is 0 Å². The third kappa shape index (κ3) is 5.32. The molecule has 25 heavy (non-hydrogen) atoms. The highest BCUT2D eigenvalue weighted by atomic mass is 32.2. The fourth-order valence-electron chi connectivity index (χ4n) is 2.82. The lowest BCUT2D eigenvalue weighted by molar-refractivity contribution is -0.137. The molecule has 1 unspecified atom stereocenters. The van der Waals surface area contributed by atoms with Crippen LogP contribution in [0.2, 0.25) is 0 Å². The van der Waals surface area contributed by atoms with Gasteiger partial charge in [-0.15, -0.1) is 0 Å². The number of carbonyl (C=O) groups is 1. The van der Waals surface area contributed by atoms with E-state index in [1.165, 1.54) is 29.2 Å². The first-order valence-electron chi connectivity index (χ1n) is 7.99. The lowest BCUT2D eigenvalue weighted by Crippen LogP contribution is -2.40. The maximum absolute atomic E-state index is 12.7. The number of amides is 1. The quantitative estimate of drug-likeness (QED) is 0.743. The average Bonchev–Trinajstić information content (AvgIpc) is 2.89. The predicted molar refractivity (Wildman–Crippen MR) is 89.5 cm³/mol. The molecule has 4 nitrogen and oxygen atoms in total. The summed E-state index contributed by atoms with van der Waals surface area (Å²) in [5, 5.41) is 0. The van der Waals surface area contributed by atoms with Gasteiger partial charge in [-0.1, -0.05) is 19.1 Å². The molecule has 0 saturated carbocycles. The zero-order chi connectivity index (χ0) is 18.7. The molecule has 1 aromatic rings. The Morgan fingerprint density at radius 1 is 1.36 bits per heavy atom. The molecule has 1 heterocycles. The minimum absolute atomic E-state index is 0.0580. The maximum atomic E-state index is 12.7. The normalized spacial score (nSPS) is 20.1. The van der Waals surface area contributed by atoms with E-state index in [1.54, 1.807) is 0 Å². The summed E-state index contributed by atoms with van der Waals surface area (Å²) in [4.78, 5) is 13.9. The zero-order valence-corrected chi connectivity index (χ0v) is 14.6. The highest BCUT2D eigenvalue weighted by Gasteiger charge is 2.33. The van der Waals surface area contributed by atoms with Gasteiger partial charge in [0.1, 0.15) is 0 Å². The van der Waals surface area contributed by atoms with Gasteiger partial charge in [0, 0.05) is 18.7 Å². The number of benzene rings is 1. The molecule has 1 aliphatic heterocycles. The van der Waals surface area contributed by atoms with Gasteiger partial charge in [-0.3, -0.25) is 4.79 Å². The molecule has 1 aliphatic rings. The predicted octanol–water partition coefficient (Wildman–Crippen LogP) is 3.14. The van der Waals surface area contributed by atoms with Crippen LogP contribution in [0.4, 0.5) is 13.2 Å². The fourth-order valence-corrected chi connectivity index (χ4v) is 4.55. The molecule has 0 N–H and O–H groups in total. The SMILES string of the molecule is CCCN(C(=O)C=Cc1cccc(C(F)(F)F)c1)C1CCS(=O)(=O)C1. The summed E-state index contributed by atoms with van der Waals surface area (Å²) in [6, 6.07) is 4.31. The van der Waals surface area contributed by atoms with Crippen molar-refractivity contribution in [2.45, 2.75) is 32.0 Å². The van der Waals surface area contributed by atoms with Crippen LogP contribution in [0.25, 0.3) is 6.08 Å². The molecule has 1 saturated heterocycles. The van der Waals surface area contributed by atoms with Crippen molar-refractivity contribution < 1.29 is 26.4 Å². The number of nitrogens with zero attached hydrogens (tertiary/aromatic N) is 1. The van der Waals surface area contributed by atoms with Crippen LogP contribution in [0.1, 0.15) is 30.9 Å². The first-order chi connectivity index (χ1) is 11.6. The Labute approximate surface area is 145 Å². The van der Waals surface area contributed by atoms with E-state index in [0.29, 0.717) is 19.4 Å². The second-order valence-corrected chi connectivity index (χ2v) is 8.27. The molecule has 1 fully saturated rings. The lowest BCUT2D eigenvalue weighted by Gasteiger charge is -2.26. The minimum Gasteiger partial charge on any atom is -0.335 e. The van der Waals surface area contributed by atoms with Crippen molar-refractivity contribution in [3.63, 3.8) is 0 Å². The fraction of sp³-hybridized carbons (Fsp3) is 0.471. The third-order valence-electron chi connectivity index (χ3n) is 4.03. The number of sulfone groups is 1. The van der Waals surface area contributed by atoms with Crippen LogP contribution in [0.5, 0.6) is 0 Å². The largest absolute Gasteiger partial charge is 0.416 e. The second-order valence-electron chi connectivity index (χ2n) is 6.05. The van der Waals surface area contributed by atoms with Crippen molar-refractivity contribution in [3.8, 4) is 0 Å². The zero-order valence-electron chi connectivity index (χ0n) is 13.8. The molecule has 1 aromatic carbocycles. The number of hydrogen-bond acceptors (Lipinski definition) is 3. The summed E-state index contributed by atoms with van der Waals surface area (Å²) in [6.07, 6.45) is -0.856. The molecule has 138 valence electrons. The first-order valence-corrected chi connectivity index (χ1v) is 9.81. The van der Waals surface area contributed by atoms with Crippen LogP contribution in [0, 0.1) is 0 Å². The number of carbonyl (C=O) groups excluding carboxylic acids is 1. The number of rotatable bonds is 5. The van der Waals surface area contributed by atoms with Gasteiger partial charge in [0.25, 0.3) is 0 Å². The molecule has 1 amide bonds. The van der Waals surface area contributed by atoms with E-state index in [1.807, 2.05) is 6.92 Å². The Balaban J connectivity index is 2.14. The van der Waals surface area contributed by atoms with Gasteiger partial charge in [-0.25, -0.2) is 8.42 Å². The third-order valence-corrected chi connectivity index (χ3v) is 5.78. The van der Waals surface area contributed by atoms with Gasteiger partial charge in [0.15, 0.2) is 9.84 Å². The van der Waals surface area contributed by atoms with E-state index < -0.39 is 21.6 Å². The van der Waals surface area contributed by atoms with E-state index >= 15 is 0 Å². The molecule has 2 rings (SSSR count). The monoisotopic (exact) mass is 375 g/mol. The Kier molecular flexibility index (Phi) is 5.92. The summed E-state index contributed by atoms with van der Waals surface area (Å²) in [6.45, 7) is 2.28. The maximum Gasteiger partial charge on any atom is 0.416 e. The van der Waals surface area contributed by atoms with Gasteiger partial charge < -0.3 is 4.90 Å². The van der Waals surface area contributed by atoms with Crippen molar-refractivity contribution in [2.75, 3.05) is 18.1 Å². The van der Waals surface area contributed by atoms with Crippen LogP contribution in [-0.2, 0) is 20.8 Å². The summed E-state index contributed by atoms with van der Waals surface area (Å²) in [5.74, 6) is -0.389. The van der Waals surface area contributed by atoms with Gasteiger partial charge in [0.05, 0.1) is 17.1 Å². The topological polar surface area (TPSA) is 54.5 Å². The number of halogens is 3. The summed E-state index contributed by atoms with van der Waals surface area (Å²) < 4.78 is 61.4. The van der Waals surface area contributed by atoms with Crippen molar-refractivity contribution >= 4 is 21.8 Å². The number of alkyl halides is 3. The Bertz CT molecular complexity index is 757. The molecule has 0 bridgehead atoms. The number of hydrogen-bond donors (Lipinski definition) is 0.